The molecule has 0 unspecified atom stereocenters. The van der Waals surface area contributed by atoms with E-state index in [4.69, 9.17) is 0 Å². The fourth-order valence-corrected chi connectivity index (χ4v) is 2.19. The maximum Gasteiger partial charge on any atom is 0.0580 e. The van der Waals surface area contributed by atoms with Gasteiger partial charge < -0.3 is 5.11 Å². The minimum absolute atomic E-state index is 0.0353. The number of allylic oxidation sites excluding steroid dienone is 1. The molecule has 2 atom stereocenters. The molecule has 0 aromatic rings. The van der Waals surface area contributed by atoms with E-state index in [0.29, 0.717) is 0 Å². The Morgan fingerprint density at radius 1 is 1.50 bits per heavy atom. The number of rotatable bonds is 0. The van der Waals surface area contributed by atoms with Gasteiger partial charge in [0.05, 0.1) is 6.10 Å². The van der Waals surface area contributed by atoms with Crippen LogP contribution in [0.5, 0.6) is 0 Å². The van der Waals surface area contributed by atoms with E-state index in [9.17, 15) is 5.11 Å². The zero-order chi connectivity index (χ0) is 6.97. The Kier molecular flexibility index (Phi) is 1.53. The average molecular weight is 138 g/mol. The second kappa shape index (κ2) is 2.39. The summed E-state index contributed by atoms with van der Waals surface area (Å²) in [6.07, 6.45) is 8.14. The van der Waals surface area contributed by atoms with Gasteiger partial charge in [0, 0.05) is 0 Å². The first-order valence-corrected chi connectivity index (χ1v) is 4.23. The Labute approximate surface area is 61.8 Å². The van der Waals surface area contributed by atoms with Gasteiger partial charge in [0.15, 0.2) is 0 Å². The van der Waals surface area contributed by atoms with Crippen LogP contribution in [-0.4, -0.2) is 11.2 Å². The van der Waals surface area contributed by atoms with Crippen molar-refractivity contribution in [2.24, 2.45) is 5.92 Å². The van der Waals surface area contributed by atoms with Gasteiger partial charge in [0.25, 0.3) is 0 Å². The smallest absolute Gasteiger partial charge is 0.0580 e. The van der Waals surface area contributed by atoms with Gasteiger partial charge in [-0.15, -0.1) is 0 Å². The highest BCUT2D eigenvalue weighted by Crippen LogP contribution is 2.37. The molecule has 0 amide bonds. The van der Waals surface area contributed by atoms with E-state index in [1.165, 1.54) is 19.3 Å². The molecular weight excluding hydrogens is 124 g/mol. The van der Waals surface area contributed by atoms with Crippen LogP contribution in [0.3, 0.4) is 0 Å². The topological polar surface area (TPSA) is 20.2 Å². The van der Waals surface area contributed by atoms with Gasteiger partial charge in [0.2, 0.25) is 0 Å². The van der Waals surface area contributed by atoms with Crippen LogP contribution < -0.4 is 0 Å². The van der Waals surface area contributed by atoms with Crippen molar-refractivity contribution in [2.45, 2.75) is 38.2 Å². The molecule has 0 radical (unpaired) electrons. The van der Waals surface area contributed by atoms with E-state index in [2.05, 4.69) is 6.08 Å². The first-order valence-electron chi connectivity index (χ1n) is 4.23. The molecule has 10 heavy (non-hydrogen) atoms. The lowest BCUT2D eigenvalue weighted by Gasteiger charge is -2.21. The van der Waals surface area contributed by atoms with E-state index < -0.39 is 0 Å². The fraction of sp³-hybridized carbons (Fsp3) is 0.778. The molecule has 0 aliphatic heterocycles. The fourth-order valence-electron chi connectivity index (χ4n) is 2.19. The van der Waals surface area contributed by atoms with Crippen molar-refractivity contribution in [3.05, 3.63) is 11.6 Å². The summed E-state index contributed by atoms with van der Waals surface area (Å²) in [5.74, 6) is 0.753. The number of aliphatic hydroxyl groups is 1. The Morgan fingerprint density at radius 2 is 2.40 bits per heavy atom. The van der Waals surface area contributed by atoms with Crippen LogP contribution in [0.2, 0.25) is 0 Å². The van der Waals surface area contributed by atoms with Crippen LogP contribution in [0.1, 0.15) is 32.1 Å². The quantitative estimate of drug-likeness (QED) is 0.507. The molecule has 56 valence electrons. The van der Waals surface area contributed by atoms with Crippen molar-refractivity contribution in [3.8, 4) is 0 Å². The lowest BCUT2D eigenvalue weighted by molar-refractivity contribution is 0.145. The SMILES string of the molecule is O[C@H]1CC=C2CCC[C@@H]2C1. The average Bonchev–Trinajstić information content (AvgIpc) is 2.33. The second-order valence-corrected chi connectivity index (χ2v) is 3.49. The summed E-state index contributed by atoms with van der Waals surface area (Å²) in [5, 5.41) is 9.31. The molecule has 0 heterocycles. The van der Waals surface area contributed by atoms with Gasteiger partial charge in [-0.1, -0.05) is 11.6 Å². The molecule has 0 bridgehead atoms. The third kappa shape index (κ3) is 0.988. The molecule has 0 spiro atoms. The van der Waals surface area contributed by atoms with Crippen molar-refractivity contribution in [1.29, 1.82) is 0 Å². The Balaban J connectivity index is 2.12. The highest BCUT2D eigenvalue weighted by Gasteiger charge is 2.26. The summed E-state index contributed by atoms with van der Waals surface area (Å²) in [6, 6.07) is 0. The van der Waals surface area contributed by atoms with Crippen LogP contribution >= 0.6 is 0 Å². The normalized spacial score (nSPS) is 39.1. The predicted octanol–water partition coefficient (Wildman–Crippen LogP) is 1.87. The standard InChI is InChI=1S/C9H14O/c10-9-5-4-7-2-1-3-8(7)6-9/h4,8-10H,1-3,5-6H2/t8-,9+/m1/s1. The summed E-state index contributed by atoms with van der Waals surface area (Å²) in [4.78, 5) is 0. The molecule has 1 N–H and O–H groups in total. The van der Waals surface area contributed by atoms with Gasteiger partial charge in [-0.25, -0.2) is 0 Å². The van der Waals surface area contributed by atoms with E-state index in [1.807, 2.05) is 0 Å². The Bertz CT molecular complexity index is 160. The van der Waals surface area contributed by atoms with Crippen LogP contribution in [0.4, 0.5) is 0 Å². The molecule has 1 fully saturated rings. The monoisotopic (exact) mass is 138 g/mol. The molecule has 1 saturated carbocycles. The van der Waals surface area contributed by atoms with E-state index >= 15 is 0 Å². The number of hydrogen-bond acceptors (Lipinski definition) is 1. The van der Waals surface area contributed by atoms with Crippen molar-refractivity contribution in [2.75, 3.05) is 0 Å². The lowest BCUT2D eigenvalue weighted by atomic mass is 9.88. The summed E-state index contributed by atoms with van der Waals surface area (Å²) >= 11 is 0. The van der Waals surface area contributed by atoms with Crippen molar-refractivity contribution < 1.29 is 5.11 Å². The van der Waals surface area contributed by atoms with Gasteiger partial charge >= 0.3 is 0 Å². The first-order chi connectivity index (χ1) is 4.86. The second-order valence-electron chi connectivity index (χ2n) is 3.49. The summed E-state index contributed by atoms with van der Waals surface area (Å²) < 4.78 is 0. The Hall–Kier alpha value is -0.300. The number of aliphatic hydroxyl groups excluding tert-OH is 1. The molecule has 2 aliphatic carbocycles. The van der Waals surface area contributed by atoms with Gasteiger partial charge in [0.1, 0.15) is 0 Å². The molecular formula is C9H14O. The highest BCUT2D eigenvalue weighted by molar-refractivity contribution is 5.15. The Morgan fingerprint density at radius 3 is 3.30 bits per heavy atom. The van der Waals surface area contributed by atoms with Crippen LogP contribution in [0, 0.1) is 5.92 Å². The molecule has 0 saturated heterocycles. The molecule has 1 heteroatoms. The van der Waals surface area contributed by atoms with Crippen molar-refractivity contribution >= 4 is 0 Å². The maximum atomic E-state index is 9.31. The maximum absolute atomic E-state index is 9.31. The third-order valence-electron chi connectivity index (χ3n) is 2.75. The summed E-state index contributed by atoms with van der Waals surface area (Å²) in [7, 11) is 0. The van der Waals surface area contributed by atoms with E-state index in [-0.39, 0.29) is 6.10 Å². The first kappa shape index (κ1) is 6.41. The van der Waals surface area contributed by atoms with E-state index in [0.717, 1.165) is 18.8 Å². The van der Waals surface area contributed by atoms with Crippen LogP contribution in [-0.2, 0) is 0 Å². The molecule has 2 rings (SSSR count). The number of hydrogen-bond donors (Lipinski definition) is 1. The van der Waals surface area contributed by atoms with Gasteiger partial charge in [-0.3, -0.25) is 0 Å². The van der Waals surface area contributed by atoms with Gasteiger partial charge in [-0.05, 0) is 38.0 Å². The van der Waals surface area contributed by atoms with Crippen molar-refractivity contribution in [1.82, 2.24) is 0 Å². The van der Waals surface area contributed by atoms with Crippen LogP contribution in [0.25, 0.3) is 0 Å². The number of fused-ring (bicyclic) bond motifs is 1. The zero-order valence-electron chi connectivity index (χ0n) is 6.21. The largest absolute Gasteiger partial charge is 0.393 e. The molecule has 2 aliphatic rings. The minimum Gasteiger partial charge on any atom is -0.393 e. The minimum atomic E-state index is -0.0353. The molecule has 1 nitrogen and oxygen atoms in total. The zero-order valence-corrected chi connectivity index (χ0v) is 6.21. The summed E-state index contributed by atoms with van der Waals surface area (Å²) in [5.41, 5.74) is 1.63. The third-order valence-corrected chi connectivity index (χ3v) is 2.75. The lowest BCUT2D eigenvalue weighted by Crippen LogP contribution is -2.16. The predicted molar refractivity (Wildman–Crippen MR) is 40.7 cm³/mol. The highest BCUT2D eigenvalue weighted by atomic mass is 16.3. The summed E-state index contributed by atoms with van der Waals surface area (Å²) in [6.45, 7) is 0. The molecule has 0 aromatic carbocycles. The van der Waals surface area contributed by atoms with Crippen molar-refractivity contribution in [3.63, 3.8) is 0 Å². The van der Waals surface area contributed by atoms with Crippen LogP contribution in [0.15, 0.2) is 11.6 Å². The molecule has 0 aromatic heterocycles. The van der Waals surface area contributed by atoms with Gasteiger partial charge in [-0.2, -0.15) is 0 Å². The van der Waals surface area contributed by atoms with E-state index in [1.54, 1.807) is 5.57 Å².